The summed E-state index contributed by atoms with van der Waals surface area (Å²) in [5.74, 6) is 2.33. The third kappa shape index (κ3) is 2.88. The van der Waals surface area contributed by atoms with Gasteiger partial charge in [0.15, 0.2) is 0 Å². The van der Waals surface area contributed by atoms with Crippen molar-refractivity contribution in [2.75, 3.05) is 38.5 Å². The van der Waals surface area contributed by atoms with Crippen molar-refractivity contribution in [1.29, 1.82) is 0 Å². The molecule has 0 spiro atoms. The van der Waals surface area contributed by atoms with E-state index in [0.717, 1.165) is 11.2 Å². The van der Waals surface area contributed by atoms with E-state index in [2.05, 4.69) is 28.9 Å². The minimum absolute atomic E-state index is 0.906. The normalized spacial score (nSPS) is 30.2. The average molecular weight is 214 g/mol. The number of rotatable bonds is 4. The van der Waals surface area contributed by atoms with Crippen LogP contribution in [0.4, 0.5) is 0 Å². The highest BCUT2D eigenvalue weighted by Crippen LogP contribution is 2.21. The Kier molecular flexibility index (Phi) is 4.14. The summed E-state index contributed by atoms with van der Waals surface area (Å²) in [6.45, 7) is 8.84. The summed E-state index contributed by atoms with van der Waals surface area (Å²) in [4.78, 5) is 2.67. The zero-order valence-corrected chi connectivity index (χ0v) is 9.98. The molecule has 82 valence electrons. The minimum atomic E-state index is 0.906. The first-order valence-corrected chi connectivity index (χ1v) is 6.98. The molecule has 2 nitrogen and oxygen atoms in total. The van der Waals surface area contributed by atoms with Crippen LogP contribution in [-0.2, 0) is 0 Å². The van der Waals surface area contributed by atoms with Gasteiger partial charge in [-0.05, 0) is 38.4 Å². The Hall–Kier alpha value is 0.270. The van der Waals surface area contributed by atoms with E-state index in [1.807, 2.05) is 0 Å². The van der Waals surface area contributed by atoms with Crippen LogP contribution in [0.3, 0.4) is 0 Å². The van der Waals surface area contributed by atoms with E-state index in [-0.39, 0.29) is 0 Å². The predicted octanol–water partition coefficient (Wildman–Crippen LogP) is 1.42. The van der Waals surface area contributed by atoms with Gasteiger partial charge in [0.2, 0.25) is 0 Å². The summed E-state index contributed by atoms with van der Waals surface area (Å²) in [7, 11) is 0. The van der Waals surface area contributed by atoms with E-state index in [0.29, 0.717) is 0 Å². The van der Waals surface area contributed by atoms with E-state index in [1.165, 1.54) is 51.3 Å². The Morgan fingerprint density at radius 2 is 2.29 bits per heavy atom. The van der Waals surface area contributed by atoms with Gasteiger partial charge in [-0.1, -0.05) is 6.92 Å². The first-order valence-electron chi connectivity index (χ1n) is 5.93. The summed E-state index contributed by atoms with van der Waals surface area (Å²) in [6.07, 6.45) is 2.75. The molecule has 0 saturated carbocycles. The van der Waals surface area contributed by atoms with Gasteiger partial charge in [-0.25, -0.2) is 0 Å². The molecule has 2 aliphatic rings. The smallest absolute Gasteiger partial charge is 0.0172 e. The van der Waals surface area contributed by atoms with E-state index >= 15 is 0 Å². The largest absolute Gasteiger partial charge is 0.316 e. The monoisotopic (exact) mass is 214 g/mol. The number of hydrogen-bond acceptors (Lipinski definition) is 3. The second kappa shape index (κ2) is 5.38. The lowest BCUT2D eigenvalue weighted by atomic mass is 9.99. The van der Waals surface area contributed by atoms with Crippen molar-refractivity contribution >= 4 is 11.8 Å². The molecular formula is C11H22N2S. The molecule has 1 atom stereocenters. The second-order valence-corrected chi connectivity index (χ2v) is 5.92. The topological polar surface area (TPSA) is 15.3 Å². The molecule has 0 aliphatic carbocycles. The maximum absolute atomic E-state index is 3.35. The van der Waals surface area contributed by atoms with E-state index in [4.69, 9.17) is 0 Å². The minimum Gasteiger partial charge on any atom is -0.316 e. The first kappa shape index (κ1) is 10.8. The summed E-state index contributed by atoms with van der Waals surface area (Å²) < 4.78 is 0. The molecule has 1 N–H and O–H groups in total. The molecule has 0 aromatic carbocycles. The van der Waals surface area contributed by atoms with Crippen LogP contribution in [0, 0.1) is 5.92 Å². The highest BCUT2D eigenvalue weighted by atomic mass is 32.2. The van der Waals surface area contributed by atoms with Gasteiger partial charge < -0.3 is 10.2 Å². The molecule has 2 fully saturated rings. The van der Waals surface area contributed by atoms with Crippen molar-refractivity contribution < 1.29 is 0 Å². The maximum Gasteiger partial charge on any atom is 0.0172 e. The van der Waals surface area contributed by atoms with Crippen molar-refractivity contribution in [3.8, 4) is 0 Å². The highest BCUT2D eigenvalue weighted by Gasteiger charge is 2.21. The molecular weight excluding hydrogens is 192 g/mol. The van der Waals surface area contributed by atoms with Crippen LogP contribution in [-0.4, -0.2) is 48.6 Å². The number of nitrogens with zero attached hydrogens (tertiary/aromatic N) is 1. The van der Waals surface area contributed by atoms with Gasteiger partial charge in [0.05, 0.1) is 0 Å². The number of nitrogens with one attached hydrogen (secondary N) is 1. The van der Waals surface area contributed by atoms with E-state index in [9.17, 15) is 0 Å². The molecule has 0 amide bonds. The van der Waals surface area contributed by atoms with Crippen molar-refractivity contribution in [2.45, 2.75) is 25.0 Å². The van der Waals surface area contributed by atoms with Crippen LogP contribution >= 0.6 is 11.8 Å². The van der Waals surface area contributed by atoms with E-state index < -0.39 is 0 Å². The molecule has 2 rings (SSSR count). The third-order valence-electron chi connectivity index (χ3n) is 3.40. The standard InChI is InChI=1S/C11H22N2S/c1-2-11-9-13(5-6-14-11)4-3-10-7-12-8-10/h10-12H,2-9H2,1H3. The van der Waals surface area contributed by atoms with Crippen LogP contribution < -0.4 is 5.32 Å². The zero-order chi connectivity index (χ0) is 9.80. The molecule has 14 heavy (non-hydrogen) atoms. The third-order valence-corrected chi connectivity index (χ3v) is 4.77. The molecule has 2 aliphatic heterocycles. The lowest BCUT2D eigenvalue weighted by Gasteiger charge is -2.34. The first-order chi connectivity index (χ1) is 6.88. The van der Waals surface area contributed by atoms with Gasteiger partial charge in [0, 0.05) is 24.1 Å². The molecule has 0 bridgehead atoms. The molecule has 0 radical (unpaired) electrons. The molecule has 0 aromatic heterocycles. The van der Waals surface area contributed by atoms with Crippen LogP contribution in [0.5, 0.6) is 0 Å². The van der Waals surface area contributed by atoms with Crippen molar-refractivity contribution in [3.05, 3.63) is 0 Å². The number of thioether (sulfide) groups is 1. The molecule has 0 aromatic rings. The van der Waals surface area contributed by atoms with Crippen LogP contribution in [0.25, 0.3) is 0 Å². The Labute approximate surface area is 91.8 Å². The molecule has 3 heteroatoms. The van der Waals surface area contributed by atoms with Crippen molar-refractivity contribution in [3.63, 3.8) is 0 Å². The SMILES string of the molecule is CCC1CN(CCC2CNC2)CCS1. The Bertz CT molecular complexity index is 171. The Morgan fingerprint density at radius 1 is 1.43 bits per heavy atom. The van der Waals surface area contributed by atoms with Crippen LogP contribution in [0.1, 0.15) is 19.8 Å². The summed E-state index contributed by atoms with van der Waals surface area (Å²) >= 11 is 2.17. The fourth-order valence-electron chi connectivity index (χ4n) is 2.15. The molecule has 2 heterocycles. The lowest BCUT2D eigenvalue weighted by Crippen LogP contribution is -2.45. The van der Waals surface area contributed by atoms with Gasteiger partial charge in [-0.15, -0.1) is 0 Å². The lowest BCUT2D eigenvalue weighted by molar-refractivity contribution is 0.230. The Morgan fingerprint density at radius 3 is 2.93 bits per heavy atom. The zero-order valence-electron chi connectivity index (χ0n) is 9.17. The summed E-state index contributed by atoms with van der Waals surface area (Å²) in [5.41, 5.74) is 0. The fraction of sp³-hybridized carbons (Fsp3) is 1.00. The fourth-order valence-corrected chi connectivity index (χ4v) is 3.40. The van der Waals surface area contributed by atoms with Gasteiger partial charge in [-0.2, -0.15) is 11.8 Å². The highest BCUT2D eigenvalue weighted by molar-refractivity contribution is 8.00. The maximum atomic E-state index is 3.35. The summed E-state index contributed by atoms with van der Waals surface area (Å²) in [6, 6.07) is 0. The van der Waals surface area contributed by atoms with Gasteiger partial charge >= 0.3 is 0 Å². The van der Waals surface area contributed by atoms with Crippen LogP contribution in [0.2, 0.25) is 0 Å². The van der Waals surface area contributed by atoms with Gasteiger partial charge in [0.1, 0.15) is 0 Å². The molecule has 1 unspecified atom stereocenters. The average Bonchev–Trinajstić information content (AvgIpc) is 2.16. The van der Waals surface area contributed by atoms with Crippen molar-refractivity contribution in [2.24, 2.45) is 5.92 Å². The second-order valence-electron chi connectivity index (χ2n) is 4.51. The van der Waals surface area contributed by atoms with Gasteiger partial charge in [0.25, 0.3) is 0 Å². The summed E-state index contributed by atoms with van der Waals surface area (Å²) in [5, 5.41) is 4.25. The van der Waals surface area contributed by atoms with Crippen LogP contribution in [0.15, 0.2) is 0 Å². The molecule has 2 saturated heterocycles. The Balaban J connectivity index is 1.63. The van der Waals surface area contributed by atoms with Crippen molar-refractivity contribution in [1.82, 2.24) is 10.2 Å². The van der Waals surface area contributed by atoms with E-state index in [1.54, 1.807) is 0 Å². The quantitative estimate of drug-likeness (QED) is 0.762. The predicted molar refractivity (Wildman–Crippen MR) is 64.0 cm³/mol. The van der Waals surface area contributed by atoms with Gasteiger partial charge in [-0.3, -0.25) is 0 Å². The number of hydrogen-bond donors (Lipinski definition) is 1.